The minimum absolute atomic E-state index is 0.115. The van der Waals surface area contributed by atoms with Crippen LogP contribution in [0.5, 0.6) is 5.75 Å². The molecule has 30 heavy (non-hydrogen) atoms. The monoisotopic (exact) mass is 411 g/mol. The molecule has 1 atom stereocenters. The number of nitrogens with zero attached hydrogens (tertiary/aromatic N) is 3. The number of anilines is 1. The molecule has 2 aromatic rings. The zero-order valence-electron chi connectivity index (χ0n) is 16.7. The Hall–Kier alpha value is -3.46. The molecule has 1 aromatic carbocycles. The molecule has 9 nitrogen and oxygen atoms in total. The maximum Gasteiger partial charge on any atom is 0.270 e. The summed E-state index contributed by atoms with van der Waals surface area (Å²) in [6, 6.07) is 9.90. The predicted octanol–water partition coefficient (Wildman–Crippen LogP) is 0.371. The van der Waals surface area contributed by atoms with Crippen molar-refractivity contribution in [3.05, 3.63) is 53.9 Å². The van der Waals surface area contributed by atoms with Crippen LogP contribution < -0.4 is 15.8 Å². The van der Waals surface area contributed by atoms with Crippen LogP contribution in [0.2, 0.25) is 0 Å². The van der Waals surface area contributed by atoms with Crippen molar-refractivity contribution in [3.63, 3.8) is 0 Å². The predicted molar refractivity (Wildman–Crippen MR) is 112 cm³/mol. The van der Waals surface area contributed by atoms with Gasteiger partial charge < -0.3 is 25.8 Å². The Morgan fingerprint density at radius 2 is 2.23 bits per heavy atom. The van der Waals surface area contributed by atoms with Crippen LogP contribution in [0, 0.1) is 0 Å². The number of carbonyl (C=O) groups excluding carboxylic acids is 2. The molecule has 9 heteroatoms. The van der Waals surface area contributed by atoms with Crippen molar-refractivity contribution in [2.75, 3.05) is 32.5 Å². The first kappa shape index (κ1) is 21.3. The van der Waals surface area contributed by atoms with E-state index in [1.54, 1.807) is 24.4 Å². The highest BCUT2D eigenvalue weighted by Gasteiger charge is 2.33. The van der Waals surface area contributed by atoms with Gasteiger partial charge >= 0.3 is 0 Å². The average Bonchev–Trinajstić information content (AvgIpc) is 3.09. The Morgan fingerprint density at radius 1 is 1.40 bits per heavy atom. The van der Waals surface area contributed by atoms with Gasteiger partial charge in [0.05, 0.1) is 12.3 Å². The van der Waals surface area contributed by atoms with E-state index in [9.17, 15) is 9.59 Å². The van der Waals surface area contributed by atoms with Crippen LogP contribution in [0.4, 0.5) is 5.69 Å². The molecular formula is C21H25N5O4. The van der Waals surface area contributed by atoms with E-state index in [1.807, 2.05) is 18.2 Å². The zero-order chi connectivity index (χ0) is 21.5. The standard InChI is InChI=1S/C21H25N5O4/c1-23-19(20(28)25-18-7-9-26(10-11-27)21(18)29)16-12-15(5-6-17(16)22)30-13-14-4-2-3-8-24-14/h2-6,8,12,18,27H,7,9-11,13,22H2,1H3,(H,25,28)/t18-/m1/s1. The number of nitrogens with one attached hydrogen (secondary N) is 1. The summed E-state index contributed by atoms with van der Waals surface area (Å²) in [6.45, 7) is 0.895. The summed E-state index contributed by atoms with van der Waals surface area (Å²) in [5, 5.41) is 11.8. The fourth-order valence-electron chi connectivity index (χ4n) is 3.26. The number of benzene rings is 1. The van der Waals surface area contributed by atoms with E-state index in [2.05, 4.69) is 15.3 Å². The van der Waals surface area contributed by atoms with Crippen molar-refractivity contribution in [3.8, 4) is 5.75 Å². The maximum atomic E-state index is 12.8. The zero-order valence-corrected chi connectivity index (χ0v) is 16.7. The van der Waals surface area contributed by atoms with E-state index in [0.717, 1.165) is 5.69 Å². The number of hydrogen-bond acceptors (Lipinski definition) is 7. The number of amides is 2. The van der Waals surface area contributed by atoms with Gasteiger partial charge in [0, 0.05) is 37.6 Å². The number of rotatable bonds is 8. The number of aliphatic hydroxyl groups is 1. The van der Waals surface area contributed by atoms with Crippen molar-refractivity contribution < 1.29 is 19.4 Å². The van der Waals surface area contributed by atoms with Crippen molar-refractivity contribution in [2.45, 2.75) is 19.1 Å². The number of likely N-dealkylation sites (tertiary alicyclic amines) is 1. The van der Waals surface area contributed by atoms with Crippen molar-refractivity contribution >= 4 is 23.2 Å². The number of ether oxygens (including phenoxy) is 1. The molecule has 0 bridgehead atoms. The molecule has 0 aliphatic carbocycles. The smallest absolute Gasteiger partial charge is 0.270 e. The lowest BCUT2D eigenvalue weighted by Crippen LogP contribution is -2.45. The molecule has 1 saturated heterocycles. The molecule has 4 N–H and O–H groups in total. The molecule has 158 valence electrons. The van der Waals surface area contributed by atoms with Crippen LogP contribution in [0.25, 0.3) is 0 Å². The van der Waals surface area contributed by atoms with Crippen LogP contribution in [0.1, 0.15) is 17.7 Å². The van der Waals surface area contributed by atoms with Gasteiger partial charge in [-0.25, -0.2) is 0 Å². The first-order valence-corrected chi connectivity index (χ1v) is 9.63. The highest BCUT2D eigenvalue weighted by atomic mass is 16.5. The molecule has 3 rings (SSSR count). The van der Waals surface area contributed by atoms with Crippen LogP contribution in [-0.4, -0.2) is 65.3 Å². The van der Waals surface area contributed by atoms with Gasteiger partial charge in [-0.2, -0.15) is 0 Å². The molecule has 2 heterocycles. The lowest BCUT2D eigenvalue weighted by molar-refractivity contribution is -0.131. The van der Waals surface area contributed by atoms with Crippen LogP contribution in [-0.2, 0) is 16.2 Å². The number of pyridine rings is 1. The van der Waals surface area contributed by atoms with Gasteiger partial charge in [-0.3, -0.25) is 19.6 Å². The van der Waals surface area contributed by atoms with E-state index in [4.69, 9.17) is 15.6 Å². The molecule has 0 saturated carbocycles. The van der Waals surface area contributed by atoms with Gasteiger partial charge in [0.25, 0.3) is 5.91 Å². The van der Waals surface area contributed by atoms with Crippen LogP contribution in [0.3, 0.4) is 0 Å². The second-order valence-corrected chi connectivity index (χ2v) is 6.79. The fraction of sp³-hybridized carbons (Fsp3) is 0.333. The summed E-state index contributed by atoms with van der Waals surface area (Å²) in [5.74, 6) is -0.187. The number of β-amino-alcohol motifs (C(OH)–C–C–N with tert-alkyl or cyclic N) is 1. The third-order valence-corrected chi connectivity index (χ3v) is 4.80. The van der Waals surface area contributed by atoms with Crippen molar-refractivity contribution in [1.29, 1.82) is 0 Å². The van der Waals surface area contributed by atoms with Crippen LogP contribution in [0.15, 0.2) is 47.6 Å². The van der Waals surface area contributed by atoms with Crippen LogP contribution >= 0.6 is 0 Å². The molecule has 1 aliphatic heterocycles. The second-order valence-electron chi connectivity index (χ2n) is 6.79. The SMILES string of the molecule is CN=C(C(=O)N[C@@H]1CCN(CCO)C1=O)c1cc(OCc2ccccn2)ccc1N. The third kappa shape index (κ3) is 4.93. The first-order chi connectivity index (χ1) is 14.5. The Bertz CT molecular complexity index is 932. The van der Waals surface area contributed by atoms with Crippen molar-refractivity contribution in [1.82, 2.24) is 15.2 Å². The van der Waals surface area contributed by atoms with E-state index in [-0.39, 0.29) is 31.4 Å². The number of carbonyl (C=O) groups is 2. The third-order valence-electron chi connectivity index (χ3n) is 4.80. The lowest BCUT2D eigenvalue weighted by Gasteiger charge is -2.17. The number of aromatic nitrogens is 1. The molecule has 0 radical (unpaired) electrons. The normalized spacial score (nSPS) is 16.6. The minimum atomic E-state index is -0.648. The quantitative estimate of drug-likeness (QED) is 0.425. The summed E-state index contributed by atoms with van der Waals surface area (Å²) in [4.78, 5) is 35.0. The number of hydrogen-bond donors (Lipinski definition) is 3. The minimum Gasteiger partial charge on any atom is -0.487 e. The van der Waals surface area contributed by atoms with E-state index >= 15 is 0 Å². The fourth-order valence-corrected chi connectivity index (χ4v) is 3.26. The van der Waals surface area contributed by atoms with Gasteiger partial charge in [-0.1, -0.05) is 6.07 Å². The molecule has 0 unspecified atom stereocenters. The molecule has 0 spiro atoms. The average molecular weight is 411 g/mol. The van der Waals surface area contributed by atoms with Crippen molar-refractivity contribution in [2.24, 2.45) is 4.99 Å². The number of nitrogens with two attached hydrogens (primary N) is 1. The van der Waals surface area contributed by atoms with E-state index in [0.29, 0.717) is 30.0 Å². The Kier molecular flexibility index (Phi) is 6.97. The Balaban J connectivity index is 1.71. The lowest BCUT2D eigenvalue weighted by atomic mass is 10.1. The van der Waals surface area contributed by atoms with Gasteiger partial charge in [0.2, 0.25) is 5.91 Å². The largest absolute Gasteiger partial charge is 0.487 e. The summed E-state index contributed by atoms with van der Waals surface area (Å²) >= 11 is 0. The Morgan fingerprint density at radius 3 is 2.93 bits per heavy atom. The van der Waals surface area contributed by atoms with Gasteiger partial charge in [-0.05, 0) is 36.8 Å². The van der Waals surface area contributed by atoms with E-state index in [1.165, 1.54) is 11.9 Å². The Labute approximate surface area is 174 Å². The first-order valence-electron chi connectivity index (χ1n) is 9.63. The van der Waals surface area contributed by atoms with Gasteiger partial charge in [0.1, 0.15) is 24.1 Å². The second kappa shape index (κ2) is 9.84. The summed E-state index contributed by atoms with van der Waals surface area (Å²) in [7, 11) is 1.49. The highest BCUT2D eigenvalue weighted by molar-refractivity contribution is 6.46. The molecule has 1 aliphatic rings. The molecule has 1 aromatic heterocycles. The summed E-state index contributed by atoms with van der Waals surface area (Å²) < 4.78 is 5.76. The number of nitrogen functional groups attached to an aromatic ring is 1. The highest BCUT2D eigenvalue weighted by Crippen LogP contribution is 2.22. The summed E-state index contributed by atoms with van der Waals surface area (Å²) in [5.41, 5.74) is 7.75. The topological polar surface area (TPSA) is 130 Å². The van der Waals surface area contributed by atoms with Gasteiger partial charge in [0.15, 0.2) is 0 Å². The number of aliphatic hydroxyl groups excluding tert-OH is 1. The molecular weight excluding hydrogens is 386 g/mol. The molecule has 1 fully saturated rings. The molecule has 2 amide bonds. The summed E-state index contributed by atoms with van der Waals surface area (Å²) in [6.07, 6.45) is 2.16. The van der Waals surface area contributed by atoms with E-state index < -0.39 is 11.9 Å². The maximum absolute atomic E-state index is 12.8. The van der Waals surface area contributed by atoms with Gasteiger partial charge in [-0.15, -0.1) is 0 Å². The number of aliphatic imine (C=N–C) groups is 1.